The second kappa shape index (κ2) is 6.60. The molecule has 0 unspecified atom stereocenters. The number of ether oxygens (including phenoxy) is 1. The molecule has 0 saturated carbocycles. The number of pyridine rings is 1. The van der Waals surface area contributed by atoms with Crippen LogP contribution in [-0.4, -0.2) is 27.1 Å². The van der Waals surface area contributed by atoms with Crippen LogP contribution in [0.3, 0.4) is 0 Å². The molecule has 0 aliphatic rings. The van der Waals surface area contributed by atoms with Crippen molar-refractivity contribution in [3.63, 3.8) is 0 Å². The molecule has 0 bridgehead atoms. The van der Waals surface area contributed by atoms with Gasteiger partial charge in [-0.2, -0.15) is 13.2 Å². The normalized spacial score (nSPS) is 11.8. The minimum Gasteiger partial charge on any atom is -0.461 e. The third-order valence-electron chi connectivity index (χ3n) is 3.75. The number of carbonyl (C=O) groups is 1. The highest BCUT2D eigenvalue weighted by molar-refractivity contribution is 6.33. The Balaban J connectivity index is 2.15. The van der Waals surface area contributed by atoms with Gasteiger partial charge in [0, 0.05) is 7.05 Å². The van der Waals surface area contributed by atoms with Gasteiger partial charge in [0.05, 0.1) is 28.2 Å². The van der Waals surface area contributed by atoms with E-state index in [0.717, 1.165) is 12.1 Å². The zero-order valence-corrected chi connectivity index (χ0v) is 14.5. The number of fused-ring (bicyclic) bond motifs is 1. The largest absolute Gasteiger partial charge is 0.461 e. The average molecular weight is 384 g/mol. The summed E-state index contributed by atoms with van der Waals surface area (Å²) in [4.78, 5) is 20.3. The number of halogens is 4. The van der Waals surface area contributed by atoms with Gasteiger partial charge in [-0.3, -0.25) is 0 Å². The van der Waals surface area contributed by atoms with E-state index in [1.54, 1.807) is 18.5 Å². The van der Waals surface area contributed by atoms with Crippen LogP contribution in [0.2, 0.25) is 5.02 Å². The molecule has 0 fully saturated rings. The SMILES string of the molecule is CCOC(=O)c1ccc(Cl)c(-c2nc3cc(C(F)(F)F)ccc3n2C)n1. The maximum Gasteiger partial charge on any atom is 0.416 e. The predicted octanol–water partition coefficient (Wildman–Crippen LogP) is 4.48. The van der Waals surface area contributed by atoms with E-state index in [4.69, 9.17) is 16.3 Å². The van der Waals surface area contributed by atoms with Crippen LogP contribution in [0.5, 0.6) is 0 Å². The first kappa shape index (κ1) is 18.2. The second-order valence-corrected chi connectivity index (χ2v) is 5.85. The van der Waals surface area contributed by atoms with Gasteiger partial charge in [-0.15, -0.1) is 0 Å². The number of nitrogens with zero attached hydrogens (tertiary/aromatic N) is 3. The Morgan fingerprint density at radius 3 is 2.62 bits per heavy atom. The Labute approximate surface area is 151 Å². The number of hydrogen-bond acceptors (Lipinski definition) is 4. The summed E-state index contributed by atoms with van der Waals surface area (Å²) in [6.45, 7) is 1.85. The summed E-state index contributed by atoms with van der Waals surface area (Å²) in [5.74, 6) is -0.376. The molecule has 2 heterocycles. The van der Waals surface area contributed by atoms with Gasteiger partial charge in [-0.25, -0.2) is 14.8 Å². The van der Waals surface area contributed by atoms with Crippen molar-refractivity contribution in [3.8, 4) is 11.5 Å². The van der Waals surface area contributed by atoms with E-state index in [2.05, 4.69) is 9.97 Å². The Morgan fingerprint density at radius 2 is 1.96 bits per heavy atom. The van der Waals surface area contributed by atoms with E-state index >= 15 is 0 Å². The fourth-order valence-electron chi connectivity index (χ4n) is 2.51. The van der Waals surface area contributed by atoms with Gasteiger partial charge >= 0.3 is 12.1 Å². The first-order valence-electron chi connectivity index (χ1n) is 7.60. The molecule has 3 aromatic rings. The van der Waals surface area contributed by atoms with E-state index in [1.807, 2.05) is 0 Å². The number of alkyl halides is 3. The molecule has 136 valence electrons. The summed E-state index contributed by atoms with van der Waals surface area (Å²) >= 11 is 6.17. The molecule has 0 N–H and O–H groups in total. The predicted molar refractivity (Wildman–Crippen MR) is 89.9 cm³/mol. The third-order valence-corrected chi connectivity index (χ3v) is 4.06. The van der Waals surface area contributed by atoms with E-state index in [9.17, 15) is 18.0 Å². The van der Waals surface area contributed by atoms with Crippen LogP contribution < -0.4 is 0 Å². The van der Waals surface area contributed by atoms with Crippen LogP contribution in [0, 0.1) is 0 Å². The van der Waals surface area contributed by atoms with Crippen molar-refractivity contribution in [1.29, 1.82) is 0 Å². The lowest BCUT2D eigenvalue weighted by Gasteiger charge is -2.07. The molecule has 0 aliphatic carbocycles. The summed E-state index contributed by atoms with van der Waals surface area (Å²) in [6, 6.07) is 6.16. The van der Waals surface area contributed by atoms with Crippen molar-refractivity contribution in [2.45, 2.75) is 13.1 Å². The molecular weight excluding hydrogens is 371 g/mol. The lowest BCUT2D eigenvalue weighted by molar-refractivity contribution is -0.137. The van der Waals surface area contributed by atoms with Crippen LogP contribution in [0.4, 0.5) is 13.2 Å². The summed E-state index contributed by atoms with van der Waals surface area (Å²) < 4.78 is 45.2. The quantitative estimate of drug-likeness (QED) is 0.625. The Morgan fingerprint density at radius 1 is 1.23 bits per heavy atom. The molecule has 1 aromatic carbocycles. The number of benzene rings is 1. The molecule has 26 heavy (non-hydrogen) atoms. The first-order valence-corrected chi connectivity index (χ1v) is 7.98. The lowest BCUT2D eigenvalue weighted by atomic mass is 10.2. The summed E-state index contributed by atoms with van der Waals surface area (Å²) in [6.07, 6.45) is -4.47. The third kappa shape index (κ3) is 3.24. The van der Waals surface area contributed by atoms with Gasteiger partial charge in [0.1, 0.15) is 11.4 Å². The minimum atomic E-state index is -4.47. The molecular formula is C17H13ClF3N3O2. The fourth-order valence-corrected chi connectivity index (χ4v) is 2.70. The minimum absolute atomic E-state index is 0.0364. The van der Waals surface area contributed by atoms with Crippen molar-refractivity contribution in [3.05, 3.63) is 46.6 Å². The standard InChI is InChI=1S/C17H13ClF3N3O2/c1-3-26-16(25)11-6-5-10(18)14(22-11)15-23-12-8-9(17(19,20)21)4-7-13(12)24(15)2/h4-8H,3H2,1-2H3. The molecule has 0 radical (unpaired) electrons. The van der Waals surface area contributed by atoms with Crippen molar-refractivity contribution in [2.75, 3.05) is 6.61 Å². The molecule has 0 aliphatic heterocycles. The van der Waals surface area contributed by atoms with Crippen molar-refractivity contribution < 1.29 is 22.7 Å². The van der Waals surface area contributed by atoms with E-state index in [0.29, 0.717) is 5.52 Å². The summed E-state index contributed by atoms with van der Waals surface area (Å²) in [5, 5.41) is 0.215. The van der Waals surface area contributed by atoms with E-state index < -0.39 is 17.7 Å². The fraction of sp³-hybridized carbons (Fsp3) is 0.235. The number of carbonyl (C=O) groups excluding carboxylic acids is 1. The average Bonchev–Trinajstić information content (AvgIpc) is 2.91. The Hall–Kier alpha value is -2.61. The molecule has 3 rings (SSSR count). The number of rotatable bonds is 3. The van der Waals surface area contributed by atoms with Crippen LogP contribution in [0.15, 0.2) is 30.3 Å². The van der Waals surface area contributed by atoms with Crippen LogP contribution in [-0.2, 0) is 18.0 Å². The van der Waals surface area contributed by atoms with Crippen LogP contribution in [0.1, 0.15) is 23.0 Å². The van der Waals surface area contributed by atoms with Gasteiger partial charge in [0.2, 0.25) is 0 Å². The Bertz CT molecular complexity index is 999. The molecule has 0 atom stereocenters. The highest BCUT2D eigenvalue weighted by Crippen LogP contribution is 2.33. The van der Waals surface area contributed by atoms with Crippen molar-refractivity contribution in [1.82, 2.24) is 14.5 Å². The van der Waals surface area contributed by atoms with E-state index in [1.165, 1.54) is 18.2 Å². The molecule has 9 heteroatoms. The molecule has 0 saturated heterocycles. The number of aromatic nitrogens is 3. The lowest BCUT2D eigenvalue weighted by Crippen LogP contribution is -2.08. The second-order valence-electron chi connectivity index (χ2n) is 5.44. The van der Waals surface area contributed by atoms with Crippen LogP contribution in [0.25, 0.3) is 22.6 Å². The van der Waals surface area contributed by atoms with Gasteiger partial charge in [0.15, 0.2) is 5.82 Å². The van der Waals surface area contributed by atoms with Crippen LogP contribution >= 0.6 is 11.6 Å². The molecule has 0 amide bonds. The van der Waals surface area contributed by atoms with E-state index in [-0.39, 0.29) is 34.4 Å². The Kier molecular flexibility index (Phi) is 4.62. The smallest absolute Gasteiger partial charge is 0.416 e. The van der Waals surface area contributed by atoms with Gasteiger partial charge in [-0.05, 0) is 37.3 Å². The number of imidazole rings is 1. The number of esters is 1. The summed E-state index contributed by atoms with van der Waals surface area (Å²) in [5.41, 5.74) is 0.0527. The van der Waals surface area contributed by atoms with Gasteiger partial charge in [0.25, 0.3) is 0 Å². The zero-order valence-electron chi connectivity index (χ0n) is 13.8. The molecule has 0 spiro atoms. The number of aryl methyl sites for hydroxylation is 1. The van der Waals surface area contributed by atoms with Crippen molar-refractivity contribution >= 4 is 28.6 Å². The maximum atomic E-state index is 12.9. The maximum absolute atomic E-state index is 12.9. The van der Waals surface area contributed by atoms with Gasteiger partial charge < -0.3 is 9.30 Å². The van der Waals surface area contributed by atoms with Gasteiger partial charge in [-0.1, -0.05) is 11.6 Å². The first-order chi connectivity index (χ1) is 12.2. The number of hydrogen-bond donors (Lipinski definition) is 0. The zero-order chi connectivity index (χ0) is 19.1. The highest BCUT2D eigenvalue weighted by atomic mass is 35.5. The monoisotopic (exact) mass is 383 g/mol. The van der Waals surface area contributed by atoms with Crippen molar-refractivity contribution in [2.24, 2.45) is 7.05 Å². The summed E-state index contributed by atoms with van der Waals surface area (Å²) in [7, 11) is 1.63. The topological polar surface area (TPSA) is 57.0 Å². The molecule has 5 nitrogen and oxygen atoms in total. The molecule has 2 aromatic heterocycles. The highest BCUT2D eigenvalue weighted by Gasteiger charge is 2.31.